The molecule has 0 aliphatic carbocycles. The molecule has 0 unspecified atom stereocenters. The van der Waals surface area contributed by atoms with Crippen LogP contribution in [0.2, 0.25) is 0 Å². The zero-order valence-corrected chi connectivity index (χ0v) is 14.2. The van der Waals surface area contributed by atoms with E-state index in [9.17, 15) is 0 Å². The second-order valence-corrected chi connectivity index (χ2v) is 6.13. The smallest absolute Gasteiger partial charge is 0.0317 e. The van der Waals surface area contributed by atoms with Gasteiger partial charge in [-0.3, -0.25) is 9.80 Å². The molecule has 0 saturated carbocycles. The van der Waals surface area contributed by atoms with Crippen molar-refractivity contribution in [2.75, 3.05) is 27.2 Å². The van der Waals surface area contributed by atoms with Gasteiger partial charge in [0, 0.05) is 25.2 Å². The zero-order chi connectivity index (χ0) is 15.9. The Labute approximate surface area is 135 Å². The molecule has 2 rings (SSSR count). The van der Waals surface area contributed by atoms with Crippen LogP contribution in [0, 0.1) is 0 Å². The molecule has 0 bridgehead atoms. The highest BCUT2D eigenvalue weighted by Crippen LogP contribution is 2.20. The number of nitrogens with zero attached hydrogens (tertiary/aromatic N) is 2. The van der Waals surface area contributed by atoms with Crippen LogP contribution in [0.25, 0.3) is 0 Å². The minimum atomic E-state index is 0.446. The minimum absolute atomic E-state index is 0.446. The molecule has 0 aliphatic rings. The van der Waals surface area contributed by atoms with Gasteiger partial charge in [0.2, 0.25) is 0 Å². The summed E-state index contributed by atoms with van der Waals surface area (Å²) in [6, 6.07) is 22.3. The molecule has 0 fully saturated rings. The van der Waals surface area contributed by atoms with Gasteiger partial charge in [0.25, 0.3) is 0 Å². The van der Waals surface area contributed by atoms with E-state index >= 15 is 0 Å². The average molecular weight is 296 g/mol. The molecular formula is C20H28N2. The summed E-state index contributed by atoms with van der Waals surface area (Å²) in [6.45, 7) is 6.67. The van der Waals surface area contributed by atoms with Crippen molar-refractivity contribution in [2.24, 2.45) is 0 Å². The van der Waals surface area contributed by atoms with Crippen LogP contribution in [0.5, 0.6) is 0 Å². The van der Waals surface area contributed by atoms with Gasteiger partial charge >= 0.3 is 0 Å². The summed E-state index contributed by atoms with van der Waals surface area (Å²) in [5.74, 6) is 0. The Morgan fingerprint density at radius 2 is 0.955 bits per heavy atom. The van der Waals surface area contributed by atoms with E-state index in [1.807, 2.05) is 0 Å². The molecule has 2 aromatic rings. The third-order valence-electron chi connectivity index (χ3n) is 4.69. The Bertz CT molecular complexity index is 487. The lowest BCUT2D eigenvalue weighted by atomic mass is 10.1. The zero-order valence-electron chi connectivity index (χ0n) is 14.2. The number of hydrogen-bond acceptors (Lipinski definition) is 2. The normalized spacial score (nSPS) is 14.3. The molecule has 2 atom stereocenters. The largest absolute Gasteiger partial charge is 0.298 e. The van der Waals surface area contributed by atoms with Crippen molar-refractivity contribution in [3.8, 4) is 0 Å². The SMILES string of the molecule is C[C@H](c1ccccc1)N(C)CCN(C)[C@@H](C)c1ccccc1. The summed E-state index contributed by atoms with van der Waals surface area (Å²) in [5, 5.41) is 0. The van der Waals surface area contributed by atoms with Crippen molar-refractivity contribution in [2.45, 2.75) is 25.9 Å². The van der Waals surface area contributed by atoms with Gasteiger partial charge in [-0.15, -0.1) is 0 Å². The maximum Gasteiger partial charge on any atom is 0.0317 e. The van der Waals surface area contributed by atoms with Gasteiger partial charge in [0.15, 0.2) is 0 Å². The summed E-state index contributed by atoms with van der Waals surface area (Å²) in [5.41, 5.74) is 2.76. The first kappa shape index (κ1) is 16.7. The lowest BCUT2D eigenvalue weighted by Crippen LogP contribution is -2.33. The van der Waals surface area contributed by atoms with Gasteiger partial charge in [0.1, 0.15) is 0 Å². The van der Waals surface area contributed by atoms with E-state index in [1.165, 1.54) is 11.1 Å². The highest BCUT2D eigenvalue weighted by Gasteiger charge is 2.15. The molecule has 0 N–H and O–H groups in total. The topological polar surface area (TPSA) is 6.48 Å². The summed E-state index contributed by atoms with van der Waals surface area (Å²) in [4.78, 5) is 4.84. The highest BCUT2D eigenvalue weighted by molar-refractivity contribution is 5.19. The predicted octanol–water partition coefficient (Wildman–Crippen LogP) is 4.37. The number of hydrogen-bond donors (Lipinski definition) is 0. The molecular weight excluding hydrogens is 268 g/mol. The molecule has 0 heterocycles. The van der Waals surface area contributed by atoms with Crippen molar-refractivity contribution in [3.63, 3.8) is 0 Å². The Morgan fingerprint density at radius 3 is 1.27 bits per heavy atom. The molecule has 0 radical (unpaired) electrons. The van der Waals surface area contributed by atoms with Crippen LogP contribution < -0.4 is 0 Å². The standard InChI is InChI=1S/C20H28N2/c1-17(19-11-7-5-8-12-19)21(3)15-16-22(4)18(2)20-13-9-6-10-14-20/h5-14,17-18H,15-16H2,1-4H3/t17-,18+. The van der Waals surface area contributed by atoms with Crippen molar-refractivity contribution in [3.05, 3.63) is 71.8 Å². The van der Waals surface area contributed by atoms with Crippen LogP contribution in [-0.2, 0) is 0 Å². The quantitative estimate of drug-likeness (QED) is 0.748. The van der Waals surface area contributed by atoms with Gasteiger partial charge in [0.05, 0.1) is 0 Å². The van der Waals surface area contributed by atoms with Gasteiger partial charge in [-0.1, -0.05) is 60.7 Å². The predicted molar refractivity (Wildman–Crippen MR) is 95.0 cm³/mol. The first-order valence-corrected chi connectivity index (χ1v) is 8.10. The first-order valence-electron chi connectivity index (χ1n) is 8.10. The van der Waals surface area contributed by atoms with Crippen molar-refractivity contribution in [1.82, 2.24) is 9.80 Å². The Kier molecular flexibility index (Phi) is 6.17. The Morgan fingerprint density at radius 1 is 0.636 bits per heavy atom. The number of benzene rings is 2. The van der Waals surface area contributed by atoms with E-state index in [1.54, 1.807) is 0 Å². The van der Waals surface area contributed by atoms with Crippen LogP contribution >= 0.6 is 0 Å². The van der Waals surface area contributed by atoms with E-state index in [4.69, 9.17) is 0 Å². The van der Waals surface area contributed by atoms with E-state index in [0.717, 1.165) is 13.1 Å². The highest BCUT2D eigenvalue weighted by atomic mass is 15.2. The summed E-state index contributed by atoms with van der Waals surface area (Å²) >= 11 is 0. The van der Waals surface area contributed by atoms with E-state index in [2.05, 4.69) is 98.4 Å². The second kappa shape index (κ2) is 8.11. The van der Waals surface area contributed by atoms with E-state index < -0.39 is 0 Å². The van der Waals surface area contributed by atoms with Crippen molar-refractivity contribution in [1.29, 1.82) is 0 Å². The second-order valence-electron chi connectivity index (χ2n) is 6.13. The lowest BCUT2D eigenvalue weighted by molar-refractivity contribution is 0.190. The van der Waals surface area contributed by atoms with Crippen LogP contribution in [0.1, 0.15) is 37.1 Å². The van der Waals surface area contributed by atoms with Crippen molar-refractivity contribution < 1.29 is 0 Å². The fraction of sp³-hybridized carbons (Fsp3) is 0.400. The monoisotopic (exact) mass is 296 g/mol. The minimum Gasteiger partial charge on any atom is -0.298 e. The lowest BCUT2D eigenvalue weighted by Gasteiger charge is -2.30. The van der Waals surface area contributed by atoms with Gasteiger partial charge in [-0.2, -0.15) is 0 Å². The van der Waals surface area contributed by atoms with E-state index in [-0.39, 0.29) is 0 Å². The molecule has 0 aromatic heterocycles. The summed E-state index contributed by atoms with van der Waals surface area (Å²) in [6.07, 6.45) is 0. The molecule has 2 aromatic carbocycles. The Balaban J connectivity index is 1.86. The molecule has 2 heteroatoms. The van der Waals surface area contributed by atoms with Crippen LogP contribution in [0.3, 0.4) is 0 Å². The maximum atomic E-state index is 2.42. The Hall–Kier alpha value is -1.64. The van der Waals surface area contributed by atoms with Crippen LogP contribution in [0.15, 0.2) is 60.7 Å². The molecule has 22 heavy (non-hydrogen) atoms. The third-order valence-corrected chi connectivity index (χ3v) is 4.69. The van der Waals surface area contributed by atoms with Gasteiger partial charge in [-0.05, 0) is 39.1 Å². The fourth-order valence-electron chi connectivity index (χ4n) is 2.67. The van der Waals surface area contributed by atoms with E-state index in [0.29, 0.717) is 12.1 Å². The molecule has 0 amide bonds. The van der Waals surface area contributed by atoms with Gasteiger partial charge in [-0.25, -0.2) is 0 Å². The van der Waals surface area contributed by atoms with Crippen LogP contribution in [0.4, 0.5) is 0 Å². The first-order chi connectivity index (χ1) is 10.6. The number of likely N-dealkylation sites (N-methyl/N-ethyl adjacent to an activating group) is 2. The molecule has 118 valence electrons. The maximum absolute atomic E-state index is 2.42. The summed E-state index contributed by atoms with van der Waals surface area (Å²) < 4.78 is 0. The number of rotatable bonds is 7. The van der Waals surface area contributed by atoms with Gasteiger partial charge < -0.3 is 0 Å². The fourth-order valence-corrected chi connectivity index (χ4v) is 2.67. The average Bonchev–Trinajstić information content (AvgIpc) is 2.59. The van der Waals surface area contributed by atoms with Crippen LogP contribution in [-0.4, -0.2) is 37.0 Å². The summed E-state index contributed by atoms with van der Waals surface area (Å²) in [7, 11) is 4.41. The molecule has 0 aliphatic heterocycles. The molecule has 0 spiro atoms. The molecule has 0 saturated heterocycles. The van der Waals surface area contributed by atoms with Crippen molar-refractivity contribution >= 4 is 0 Å². The molecule has 2 nitrogen and oxygen atoms in total. The third kappa shape index (κ3) is 4.43.